The lowest BCUT2D eigenvalue weighted by Gasteiger charge is -2.25. The van der Waals surface area contributed by atoms with E-state index in [1.54, 1.807) is 0 Å². The van der Waals surface area contributed by atoms with Crippen LogP contribution in [0.3, 0.4) is 0 Å². The van der Waals surface area contributed by atoms with E-state index < -0.39 is 5.97 Å². The summed E-state index contributed by atoms with van der Waals surface area (Å²) in [6, 6.07) is 9.93. The third kappa shape index (κ3) is 6.28. The standard InChI is InChI=1S/C28H36N4O5/c1-2-3-12-32-26(35-13-10-22-8-6-19-5-4-11-29-28(19)30-22)17-23(31-32)14-21(16-27(33)34)20-7-9-24-25(15-20)37-18-36-24/h6-9,15,17,21,23,31H,2-5,10-14,16,18H2,1H3,(H,29,30)(H,33,34). The molecular weight excluding hydrogens is 472 g/mol. The van der Waals surface area contributed by atoms with Crippen molar-refractivity contribution in [2.45, 2.75) is 63.8 Å². The Bertz CT molecular complexity index is 1140. The molecule has 37 heavy (non-hydrogen) atoms. The lowest BCUT2D eigenvalue weighted by atomic mass is 9.89. The zero-order valence-corrected chi connectivity index (χ0v) is 21.4. The van der Waals surface area contributed by atoms with Crippen molar-refractivity contribution >= 4 is 11.8 Å². The van der Waals surface area contributed by atoms with Crippen LogP contribution in [-0.4, -0.2) is 53.6 Å². The minimum atomic E-state index is -0.823. The third-order valence-electron chi connectivity index (χ3n) is 7.05. The van der Waals surface area contributed by atoms with Gasteiger partial charge in [-0.3, -0.25) is 9.80 Å². The number of aryl methyl sites for hydroxylation is 1. The molecule has 2 atom stereocenters. The van der Waals surface area contributed by atoms with Crippen LogP contribution in [0.2, 0.25) is 0 Å². The minimum Gasteiger partial charge on any atom is -0.481 e. The SMILES string of the molecule is CCCCN1NC(CC(CC(=O)O)c2ccc3c(c2)OCO3)C=C1OCCc1ccc2c(n1)NCCC2. The van der Waals surface area contributed by atoms with Crippen LogP contribution in [0, 0.1) is 0 Å². The first kappa shape index (κ1) is 25.2. The highest BCUT2D eigenvalue weighted by Gasteiger charge is 2.29. The number of nitrogens with one attached hydrogen (secondary N) is 2. The van der Waals surface area contributed by atoms with Crippen LogP contribution < -0.4 is 20.2 Å². The molecule has 9 nitrogen and oxygen atoms in total. The molecule has 9 heteroatoms. The number of anilines is 1. The lowest BCUT2D eigenvalue weighted by Crippen LogP contribution is -2.39. The second-order valence-electron chi connectivity index (χ2n) is 9.83. The number of nitrogens with zero attached hydrogens (tertiary/aromatic N) is 2. The monoisotopic (exact) mass is 508 g/mol. The molecule has 0 aliphatic carbocycles. The molecule has 1 aromatic heterocycles. The summed E-state index contributed by atoms with van der Waals surface area (Å²) in [4.78, 5) is 16.5. The number of unbranched alkanes of at least 4 members (excludes halogenated alkanes) is 1. The van der Waals surface area contributed by atoms with E-state index in [1.807, 2.05) is 18.2 Å². The van der Waals surface area contributed by atoms with Crippen LogP contribution in [0.25, 0.3) is 0 Å². The topological polar surface area (TPSA) is 105 Å². The predicted octanol–water partition coefficient (Wildman–Crippen LogP) is 4.21. The van der Waals surface area contributed by atoms with E-state index in [4.69, 9.17) is 19.2 Å². The summed E-state index contributed by atoms with van der Waals surface area (Å²) in [5, 5.41) is 15.0. The maximum absolute atomic E-state index is 11.7. The number of ether oxygens (including phenoxy) is 3. The van der Waals surface area contributed by atoms with Gasteiger partial charge in [0.15, 0.2) is 11.5 Å². The summed E-state index contributed by atoms with van der Waals surface area (Å²) in [6.07, 6.45) is 7.79. The molecule has 2 unspecified atom stereocenters. The van der Waals surface area contributed by atoms with Gasteiger partial charge in [0.1, 0.15) is 5.82 Å². The van der Waals surface area contributed by atoms with Crippen molar-refractivity contribution < 1.29 is 24.1 Å². The van der Waals surface area contributed by atoms with Crippen LogP contribution >= 0.6 is 0 Å². The normalized spacial score (nSPS) is 18.7. The van der Waals surface area contributed by atoms with Crippen LogP contribution in [0.15, 0.2) is 42.3 Å². The summed E-state index contributed by atoms with van der Waals surface area (Å²) >= 11 is 0. The Hall–Kier alpha value is -3.46. The van der Waals surface area contributed by atoms with Crippen molar-refractivity contribution in [2.24, 2.45) is 0 Å². The van der Waals surface area contributed by atoms with E-state index in [-0.39, 0.29) is 25.2 Å². The van der Waals surface area contributed by atoms with Crippen molar-refractivity contribution in [1.29, 1.82) is 0 Å². The van der Waals surface area contributed by atoms with Crippen molar-refractivity contribution in [3.63, 3.8) is 0 Å². The zero-order chi connectivity index (χ0) is 25.6. The Morgan fingerprint density at radius 2 is 2.16 bits per heavy atom. The van der Waals surface area contributed by atoms with Gasteiger partial charge in [0.25, 0.3) is 0 Å². The van der Waals surface area contributed by atoms with Gasteiger partial charge in [-0.2, -0.15) is 0 Å². The Morgan fingerprint density at radius 1 is 1.27 bits per heavy atom. The Kier molecular flexibility index (Phi) is 7.99. The van der Waals surface area contributed by atoms with Gasteiger partial charge < -0.3 is 24.6 Å². The molecular formula is C28H36N4O5. The third-order valence-corrected chi connectivity index (χ3v) is 7.05. The number of carboxylic acid groups (broad SMARTS) is 1. The highest BCUT2D eigenvalue weighted by Crippen LogP contribution is 2.37. The van der Waals surface area contributed by atoms with Crippen LogP contribution in [0.1, 0.15) is 61.8 Å². The van der Waals surface area contributed by atoms with E-state index >= 15 is 0 Å². The first-order chi connectivity index (χ1) is 18.1. The number of fused-ring (bicyclic) bond motifs is 2. The number of hydrogen-bond donors (Lipinski definition) is 3. The molecule has 0 saturated carbocycles. The summed E-state index contributed by atoms with van der Waals surface area (Å²) in [7, 11) is 0. The molecule has 2 aromatic rings. The summed E-state index contributed by atoms with van der Waals surface area (Å²) in [5.41, 5.74) is 6.76. The van der Waals surface area contributed by atoms with Gasteiger partial charge in [-0.05, 0) is 67.0 Å². The number of pyridine rings is 1. The van der Waals surface area contributed by atoms with Gasteiger partial charge >= 0.3 is 5.97 Å². The van der Waals surface area contributed by atoms with Gasteiger partial charge in [-0.1, -0.05) is 25.5 Å². The van der Waals surface area contributed by atoms with Gasteiger partial charge in [0.05, 0.1) is 19.1 Å². The lowest BCUT2D eigenvalue weighted by molar-refractivity contribution is -0.137. The smallest absolute Gasteiger partial charge is 0.303 e. The fourth-order valence-electron chi connectivity index (χ4n) is 5.09. The number of aromatic nitrogens is 1. The Labute approximate surface area is 217 Å². The van der Waals surface area contributed by atoms with E-state index in [0.717, 1.165) is 68.2 Å². The highest BCUT2D eigenvalue weighted by molar-refractivity contribution is 5.68. The molecule has 0 fully saturated rings. The predicted molar refractivity (Wildman–Crippen MR) is 140 cm³/mol. The van der Waals surface area contributed by atoms with Gasteiger partial charge in [-0.25, -0.2) is 10.4 Å². The summed E-state index contributed by atoms with van der Waals surface area (Å²) in [5.74, 6) is 2.17. The number of hydrogen-bond acceptors (Lipinski definition) is 8. The summed E-state index contributed by atoms with van der Waals surface area (Å²) in [6.45, 7) is 4.68. The first-order valence-electron chi connectivity index (χ1n) is 13.3. The zero-order valence-electron chi connectivity index (χ0n) is 21.4. The molecule has 3 aliphatic heterocycles. The fraction of sp³-hybridized carbons (Fsp3) is 0.500. The second-order valence-corrected chi connectivity index (χ2v) is 9.83. The molecule has 3 N–H and O–H groups in total. The van der Waals surface area contributed by atoms with E-state index in [9.17, 15) is 9.90 Å². The summed E-state index contributed by atoms with van der Waals surface area (Å²) < 4.78 is 17.2. The average molecular weight is 509 g/mol. The second kappa shape index (κ2) is 11.7. The molecule has 198 valence electrons. The Morgan fingerprint density at radius 3 is 3.03 bits per heavy atom. The molecule has 0 amide bonds. The fourth-order valence-corrected chi connectivity index (χ4v) is 5.09. The largest absolute Gasteiger partial charge is 0.481 e. The van der Waals surface area contributed by atoms with E-state index in [2.05, 4.69) is 40.9 Å². The first-order valence-corrected chi connectivity index (χ1v) is 13.3. The van der Waals surface area contributed by atoms with E-state index in [0.29, 0.717) is 24.5 Å². The number of hydrazine groups is 1. The average Bonchev–Trinajstić information content (AvgIpc) is 3.53. The number of benzene rings is 1. The highest BCUT2D eigenvalue weighted by atomic mass is 16.7. The molecule has 4 heterocycles. The molecule has 0 spiro atoms. The van der Waals surface area contributed by atoms with Crippen LogP contribution in [0.5, 0.6) is 11.5 Å². The van der Waals surface area contributed by atoms with Crippen LogP contribution in [-0.2, 0) is 22.4 Å². The van der Waals surface area contributed by atoms with Crippen molar-refractivity contribution in [2.75, 3.05) is 31.8 Å². The number of carboxylic acids is 1. The van der Waals surface area contributed by atoms with Gasteiger partial charge in [0, 0.05) is 25.2 Å². The number of carbonyl (C=O) groups is 1. The maximum Gasteiger partial charge on any atom is 0.303 e. The molecule has 0 saturated heterocycles. The number of rotatable bonds is 12. The maximum atomic E-state index is 11.7. The Balaban J connectivity index is 1.24. The van der Waals surface area contributed by atoms with Gasteiger partial charge in [-0.15, -0.1) is 0 Å². The molecule has 0 radical (unpaired) electrons. The van der Waals surface area contributed by atoms with Crippen molar-refractivity contribution in [3.05, 3.63) is 59.1 Å². The van der Waals surface area contributed by atoms with Crippen molar-refractivity contribution in [1.82, 2.24) is 15.4 Å². The van der Waals surface area contributed by atoms with E-state index in [1.165, 1.54) is 5.56 Å². The van der Waals surface area contributed by atoms with Crippen LogP contribution in [0.4, 0.5) is 5.82 Å². The molecule has 1 aromatic carbocycles. The molecule has 3 aliphatic rings. The minimum absolute atomic E-state index is 0.0345. The van der Waals surface area contributed by atoms with Crippen molar-refractivity contribution in [3.8, 4) is 11.5 Å². The number of aliphatic carboxylic acids is 1. The molecule has 0 bridgehead atoms. The quantitative estimate of drug-likeness (QED) is 0.389. The molecule has 5 rings (SSSR count). The van der Waals surface area contributed by atoms with Gasteiger partial charge in [0.2, 0.25) is 12.7 Å².